The topological polar surface area (TPSA) is 20.3 Å². The van der Waals surface area contributed by atoms with E-state index in [1.807, 2.05) is 29.2 Å². The second-order valence-electron chi connectivity index (χ2n) is 5.47. The predicted molar refractivity (Wildman–Crippen MR) is 72.6 cm³/mol. The zero-order valence-electron chi connectivity index (χ0n) is 10.4. The van der Waals surface area contributed by atoms with Crippen LogP contribution in [0.3, 0.4) is 0 Å². The van der Waals surface area contributed by atoms with Crippen LogP contribution in [0.25, 0.3) is 0 Å². The van der Waals surface area contributed by atoms with Gasteiger partial charge in [-0.05, 0) is 30.4 Å². The van der Waals surface area contributed by atoms with Gasteiger partial charge < -0.3 is 4.90 Å². The van der Waals surface area contributed by atoms with Gasteiger partial charge in [0.1, 0.15) is 0 Å². The highest BCUT2D eigenvalue weighted by Gasteiger charge is 2.28. The van der Waals surface area contributed by atoms with Crippen LogP contribution >= 0.6 is 12.6 Å². The Hall–Kier alpha value is -0.960. The molecule has 2 rings (SSSR count). The third kappa shape index (κ3) is 2.83. The van der Waals surface area contributed by atoms with Gasteiger partial charge in [-0.2, -0.15) is 0 Å². The van der Waals surface area contributed by atoms with Crippen molar-refractivity contribution in [2.24, 2.45) is 5.41 Å². The van der Waals surface area contributed by atoms with Crippen molar-refractivity contribution < 1.29 is 4.79 Å². The number of thiol groups is 1. The highest BCUT2D eigenvalue weighted by Crippen LogP contribution is 2.30. The molecule has 2 nitrogen and oxygen atoms in total. The van der Waals surface area contributed by atoms with Crippen LogP contribution in [0.5, 0.6) is 0 Å². The fourth-order valence-corrected chi connectivity index (χ4v) is 2.40. The molecule has 0 saturated carbocycles. The molecule has 1 aromatic rings. The predicted octanol–water partition coefficient (Wildman–Crippen LogP) is 3.24. The molecule has 0 aliphatic carbocycles. The number of hydrogen-bond acceptors (Lipinski definition) is 2. The molecule has 17 heavy (non-hydrogen) atoms. The molecule has 1 aromatic carbocycles. The average molecular weight is 249 g/mol. The average Bonchev–Trinajstić information content (AvgIpc) is 2.29. The van der Waals surface area contributed by atoms with Crippen LogP contribution in [0, 0.1) is 5.41 Å². The van der Waals surface area contributed by atoms with Gasteiger partial charge in [0.15, 0.2) is 0 Å². The summed E-state index contributed by atoms with van der Waals surface area (Å²) >= 11 is 4.34. The molecular weight excluding hydrogens is 230 g/mol. The zero-order chi connectivity index (χ0) is 12.5. The summed E-state index contributed by atoms with van der Waals surface area (Å²) in [6, 6.07) is 7.51. The standard InChI is InChI=1S/C14H19NOS/c1-14(2)7-9-15(10-8-14)13(16)11-5-3-4-6-12(11)17/h3-6,17H,7-10H2,1-2H3. The van der Waals surface area contributed by atoms with Crippen LogP contribution in [-0.4, -0.2) is 23.9 Å². The quantitative estimate of drug-likeness (QED) is 0.758. The monoisotopic (exact) mass is 249 g/mol. The van der Waals surface area contributed by atoms with E-state index in [1.165, 1.54) is 0 Å². The van der Waals surface area contributed by atoms with Crippen LogP contribution in [0.2, 0.25) is 0 Å². The van der Waals surface area contributed by atoms with Crippen LogP contribution in [0.4, 0.5) is 0 Å². The molecule has 3 heteroatoms. The molecule has 1 saturated heterocycles. The molecule has 0 unspecified atom stereocenters. The van der Waals surface area contributed by atoms with Crippen molar-refractivity contribution >= 4 is 18.5 Å². The van der Waals surface area contributed by atoms with E-state index < -0.39 is 0 Å². The van der Waals surface area contributed by atoms with E-state index in [0.717, 1.165) is 36.4 Å². The fraction of sp³-hybridized carbons (Fsp3) is 0.500. The Bertz CT molecular complexity index is 418. The van der Waals surface area contributed by atoms with E-state index in [1.54, 1.807) is 0 Å². The van der Waals surface area contributed by atoms with Crippen molar-refractivity contribution in [3.8, 4) is 0 Å². The molecule has 0 atom stereocenters. The summed E-state index contributed by atoms with van der Waals surface area (Å²) in [5.74, 6) is 0.117. The minimum atomic E-state index is 0.117. The van der Waals surface area contributed by atoms with E-state index in [2.05, 4.69) is 26.5 Å². The Balaban J connectivity index is 2.10. The Morgan fingerprint density at radius 1 is 1.24 bits per heavy atom. The summed E-state index contributed by atoms with van der Waals surface area (Å²) in [6.07, 6.45) is 2.15. The molecule has 1 heterocycles. The van der Waals surface area contributed by atoms with Gasteiger partial charge in [0, 0.05) is 18.0 Å². The second-order valence-corrected chi connectivity index (χ2v) is 5.96. The van der Waals surface area contributed by atoms with Gasteiger partial charge in [-0.15, -0.1) is 12.6 Å². The summed E-state index contributed by atoms with van der Waals surface area (Å²) in [5, 5.41) is 0. The number of piperidine rings is 1. The molecule has 1 aliphatic rings. The second kappa shape index (κ2) is 4.73. The molecule has 1 aliphatic heterocycles. The largest absolute Gasteiger partial charge is 0.339 e. The van der Waals surface area contributed by atoms with Crippen LogP contribution < -0.4 is 0 Å². The number of hydrogen-bond donors (Lipinski definition) is 1. The van der Waals surface area contributed by atoms with E-state index in [-0.39, 0.29) is 5.91 Å². The summed E-state index contributed by atoms with van der Waals surface area (Å²) in [4.78, 5) is 15.0. The van der Waals surface area contributed by atoms with Crippen LogP contribution in [0.1, 0.15) is 37.0 Å². The minimum Gasteiger partial charge on any atom is -0.339 e. The van der Waals surface area contributed by atoms with Gasteiger partial charge in [-0.25, -0.2) is 0 Å². The lowest BCUT2D eigenvalue weighted by molar-refractivity contribution is 0.0627. The van der Waals surface area contributed by atoms with Gasteiger partial charge in [-0.3, -0.25) is 4.79 Å². The summed E-state index contributed by atoms with van der Waals surface area (Å²) < 4.78 is 0. The van der Waals surface area contributed by atoms with E-state index in [0.29, 0.717) is 5.41 Å². The number of nitrogens with zero attached hydrogens (tertiary/aromatic N) is 1. The van der Waals surface area contributed by atoms with Crippen molar-refractivity contribution in [2.75, 3.05) is 13.1 Å². The Morgan fingerprint density at radius 2 is 1.82 bits per heavy atom. The SMILES string of the molecule is CC1(C)CCN(C(=O)c2ccccc2S)CC1. The minimum absolute atomic E-state index is 0.117. The van der Waals surface area contributed by atoms with Gasteiger partial charge in [-0.1, -0.05) is 26.0 Å². The molecule has 1 fully saturated rings. The third-order valence-corrected chi connectivity index (χ3v) is 3.93. The number of amides is 1. The maximum atomic E-state index is 12.3. The molecule has 1 amide bonds. The number of rotatable bonds is 1. The Kier molecular flexibility index (Phi) is 3.48. The number of carbonyl (C=O) groups is 1. The Morgan fingerprint density at radius 3 is 2.41 bits per heavy atom. The smallest absolute Gasteiger partial charge is 0.254 e. The first-order valence-corrected chi connectivity index (χ1v) is 6.52. The lowest BCUT2D eigenvalue weighted by atomic mass is 9.82. The van der Waals surface area contributed by atoms with Crippen LogP contribution in [-0.2, 0) is 0 Å². The van der Waals surface area contributed by atoms with E-state index in [9.17, 15) is 4.79 Å². The van der Waals surface area contributed by atoms with E-state index >= 15 is 0 Å². The molecule has 0 radical (unpaired) electrons. The number of carbonyl (C=O) groups excluding carboxylic acids is 1. The first-order chi connectivity index (χ1) is 7.99. The lowest BCUT2D eigenvalue weighted by Crippen LogP contribution is -2.41. The molecule has 0 bridgehead atoms. The Labute approximate surface area is 108 Å². The molecule has 0 N–H and O–H groups in total. The first-order valence-electron chi connectivity index (χ1n) is 6.07. The van der Waals surface area contributed by atoms with Gasteiger partial charge in [0.05, 0.1) is 5.56 Å². The van der Waals surface area contributed by atoms with Crippen molar-refractivity contribution in [2.45, 2.75) is 31.6 Å². The fourth-order valence-electron chi connectivity index (χ4n) is 2.14. The highest BCUT2D eigenvalue weighted by molar-refractivity contribution is 7.80. The van der Waals surface area contributed by atoms with Crippen molar-refractivity contribution in [3.63, 3.8) is 0 Å². The van der Waals surface area contributed by atoms with Crippen LogP contribution in [0.15, 0.2) is 29.2 Å². The summed E-state index contributed by atoms with van der Waals surface area (Å²) in [5.41, 5.74) is 1.09. The molecule has 0 spiro atoms. The first kappa shape index (κ1) is 12.5. The van der Waals surface area contributed by atoms with Gasteiger partial charge >= 0.3 is 0 Å². The highest BCUT2D eigenvalue weighted by atomic mass is 32.1. The molecular formula is C14H19NOS. The normalized spacial score (nSPS) is 19.1. The number of benzene rings is 1. The number of likely N-dealkylation sites (tertiary alicyclic amines) is 1. The van der Waals surface area contributed by atoms with E-state index in [4.69, 9.17) is 0 Å². The van der Waals surface area contributed by atoms with Crippen molar-refractivity contribution in [1.82, 2.24) is 4.90 Å². The maximum Gasteiger partial charge on any atom is 0.254 e. The third-order valence-electron chi connectivity index (χ3n) is 3.54. The molecule has 0 aromatic heterocycles. The van der Waals surface area contributed by atoms with Gasteiger partial charge in [0.25, 0.3) is 5.91 Å². The molecule has 92 valence electrons. The van der Waals surface area contributed by atoms with Crippen molar-refractivity contribution in [3.05, 3.63) is 29.8 Å². The zero-order valence-corrected chi connectivity index (χ0v) is 11.3. The maximum absolute atomic E-state index is 12.3. The lowest BCUT2D eigenvalue weighted by Gasteiger charge is -2.37. The summed E-state index contributed by atoms with van der Waals surface area (Å²) in [6.45, 7) is 6.24. The van der Waals surface area contributed by atoms with Crippen molar-refractivity contribution in [1.29, 1.82) is 0 Å². The summed E-state index contributed by atoms with van der Waals surface area (Å²) in [7, 11) is 0. The van der Waals surface area contributed by atoms with Gasteiger partial charge in [0.2, 0.25) is 0 Å².